The number of benzene rings is 1. The summed E-state index contributed by atoms with van der Waals surface area (Å²) >= 11 is 6.13. The maximum atomic E-state index is 13.3. The molecule has 0 aromatic heterocycles. The van der Waals surface area contributed by atoms with E-state index in [0.29, 0.717) is 36.7 Å². The molecular weight excluding hydrogens is 516 g/mol. The molecular formula is C30H36ClN4O4+. The number of carbonyl (C=O) groups is 4. The van der Waals surface area contributed by atoms with Crippen LogP contribution in [0.5, 0.6) is 0 Å². The number of nitrogens with one attached hydrogen (secondary N) is 2. The molecule has 5 amide bonds. The Hall–Kier alpha value is -3.52. The summed E-state index contributed by atoms with van der Waals surface area (Å²) in [4.78, 5) is 52.7. The minimum atomic E-state index is -0.605. The second-order valence-electron chi connectivity index (χ2n) is 10.0. The predicted molar refractivity (Wildman–Crippen MR) is 150 cm³/mol. The van der Waals surface area contributed by atoms with Gasteiger partial charge in [0, 0.05) is 24.5 Å². The Morgan fingerprint density at radius 1 is 1.05 bits per heavy atom. The predicted octanol–water partition coefficient (Wildman–Crippen LogP) is 4.29. The van der Waals surface area contributed by atoms with Gasteiger partial charge < -0.3 is 10.6 Å². The van der Waals surface area contributed by atoms with Crippen LogP contribution in [0, 0.1) is 5.92 Å². The molecule has 1 unspecified atom stereocenters. The summed E-state index contributed by atoms with van der Waals surface area (Å²) in [5.74, 6) is -1.28. The molecule has 39 heavy (non-hydrogen) atoms. The van der Waals surface area contributed by atoms with Crippen LogP contribution in [-0.2, 0) is 20.9 Å². The largest absolute Gasteiger partial charge is 0.501 e. The molecule has 1 aromatic carbocycles. The molecule has 1 atom stereocenters. The molecule has 1 aliphatic heterocycles. The van der Waals surface area contributed by atoms with Crippen molar-refractivity contribution in [2.75, 3.05) is 19.6 Å². The molecule has 2 N–H and O–H groups in total. The number of imide groups is 1. The molecule has 3 aliphatic rings. The Morgan fingerprint density at radius 3 is 2.69 bits per heavy atom. The Kier molecular flexibility index (Phi) is 10.3. The van der Waals surface area contributed by atoms with Crippen LogP contribution >= 0.6 is 11.6 Å². The zero-order valence-electron chi connectivity index (χ0n) is 22.2. The van der Waals surface area contributed by atoms with E-state index in [4.69, 9.17) is 11.6 Å². The molecule has 0 spiro atoms. The van der Waals surface area contributed by atoms with Crippen molar-refractivity contribution in [3.8, 4) is 0 Å². The molecule has 0 fully saturated rings. The number of allylic oxidation sites excluding steroid dienone is 4. The number of unbranched alkanes of at least 4 members (excludes halogenated alkanes) is 1. The van der Waals surface area contributed by atoms with E-state index in [-0.39, 0.29) is 37.2 Å². The molecule has 1 aromatic rings. The SMILES string of the molecule is O=C(CCCCN1C(=O)C2C=CC=CC2=[N+](CC(=O)NCCC2=CCCCC2)C1=O)NCc1ccccc1Cl. The van der Waals surface area contributed by atoms with E-state index in [9.17, 15) is 19.2 Å². The van der Waals surface area contributed by atoms with Gasteiger partial charge in [0.1, 0.15) is 11.6 Å². The van der Waals surface area contributed by atoms with Gasteiger partial charge in [0.15, 0.2) is 6.54 Å². The molecule has 0 saturated carbocycles. The monoisotopic (exact) mass is 551 g/mol. The maximum Gasteiger partial charge on any atom is 0.501 e. The third kappa shape index (κ3) is 7.76. The van der Waals surface area contributed by atoms with Gasteiger partial charge in [-0.15, -0.1) is 0 Å². The van der Waals surface area contributed by atoms with Crippen LogP contribution in [0.15, 0.2) is 60.2 Å². The van der Waals surface area contributed by atoms with Crippen molar-refractivity contribution in [2.45, 2.75) is 57.9 Å². The van der Waals surface area contributed by atoms with Crippen molar-refractivity contribution in [3.05, 3.63) is 70.8 Å². The standard InChI is InChI=1S/C30H35ClN4O4/c31-25-14-6-4-12-23(25)20-33-27(36)16-8-9-19-34-29(38)24-13-5-7-15-26(24)35(30(34)39)21-28(37)32-18-17-22-10-2-1-3-11-22/h4-7,10,12-15,24H,1-3,8-9,11,16-21H2,(H-,32,33,36,37)/p+1. The van der Waals surface area contributed by atoms with Gasteiger partial charge in [0.2, 0.25) is 5.91 Å². The minimum Gasteiger partial charge on any atom is -0.352 e. The number of amides is 5. The molecule has 2 aliphatic carbocycles. The Bertz CT molecular complexity index is 1230. The van der Waals surface area contributed by atoms with Crippen LogP contribution in [0.3, 0.4) is 0 Å². The molecule has 0 saturated heterocycles. The molecule has 0 radical (unpaired) electrons. The number of hydrogen-bond acceptors (Lipinski definition) is 4. The number of halogens is 1. The summed E-state index contributed by atoms with van der Waals surface area (Å²) in [5.41, 5.74) is 2.74. The summed E-state index contributed by atoms with van der Waals surface area (Å²) in [6, 6.07) is 6.83. The number of fused-ring (bicyclic) bond motifs is 1. The van der Waals surface area contributed by atoms with Crippen LogP contribution in [0.2, 0.25) is 5.02 Å². The third-order valence-corrected chi connectivity index (χ3v) is 7.60. The number of carbonyl (C=O) groups excluding carboxylic acids is 4. The van der Waals surface area contributed by atoms with Gasteiger partial charge in [-0.25, -0.2) is 4.79 Å². The van der Waals surface area contributed by atoms with Crippen LogP contribution in [0.1, 0.15) is 56.9 Å². The highest BCUT2D eigenvalue weighted by Crippen LogP contribution is 2.21. The molecule has 8 nitrogen and oxygen atoms in total. The summed E-state index contributed by atoms with van der Waals surface area (Å²) in [7, 11) is 0. The van der Waals surface area contributed by atoms with E-state index >= 15 is 0 Å². The van der Waals surface area contributed by atoms with E-state index in [0.717, 1.165) is 24.8 Å². The first-order valence-corrected chi connectivity index (χ1v) is 14.1. The van der Waals surface area contributed by atoms with Crippen molar-refractivity contribution in [1.29, 1.82) is 0 Å². The van der Waals surface area contributed by atoms with Gasteiger partial charge in [-0.05, 0) is 62.7 Å². The van der Waals surface area contributed by atoms with Gasteiger partial charge in [-0.2, -0.15) is 14.3 Å². The first-order valence-electron chi connectivity index (χ1n) is 13.7. The smallest absolute Gasteiger partial charge is 0.352 e. The zero-order valence-corrected chi connectivity index (χ0v) is 22.9. The van der Waals surface area contributed by atoms with E-state index in [1.165, 1.54) is 27.9 Å². The highest BCUT2D eigenvalue weighted by molar-refractivity contribution is 6.31. The molecule has 4 rings (SSSR count). The van der Waals surface area contributed by atoms with Crippen molar-refractivity contribution in [2.24, 2.45) is 5.92 Å². The first kappa shape index (κ1) is 28.5. The maximum absolute atomic E-state index is 13.3. The normalized spacial score (nSPS) is 18.6. The summed E-state index contributed by atoms with van der Waals surface area (Å²) in [5, 5.41) is 6.38. The lowest BCUT2D eigenvalue weighted by molar-refractivity contribution is -0.428. The molecule has 9 heteroatoms. The number of nitrogens with zero attached hydrogens (tertiary/aromatic N) is 2. The van der Waals surface area contributed by atoms with Crippen LogP contribution in [0.4, 0.5) is 4.79 Å². The van der Waals surface area contributed by atoms with E-state index in [1.54, 1.807) is 30.4 Å². The molecule has 206 valence electrons. The van der Waals surface area contributed by atoms with Crippen LogP contribution < -0.4 is 10.6 Å². The van der Waals surface area contributed by atoms with Crippen molar-refractivity contribution in [1.82, 2.24) is 15.5 Å². The zero-order chi connectivity index (χ0) is 27.6. The minimum absolute atomic E-state index is 0.121. The summed E-state index contributed by atoms with van der Waals surface area (Å²) in [6.45, 7) is 0.915. The number of hydrogen-bond donors (Lipinski definition) is 2. The van der Waals surface area contributed by atoms with Gasteiger partial charge in [0.25, 0.3) is 5.91 Å². The Balaban J connectivity index is 1.28. The second kappa shape index (κ2) is 14.0. The fraction of sp³-hybridized carbons (Fsp3) is 0.433. The second-order valence-corrected chi connectivity index (χ2v) is 10.4. The van der Waals surface area contributed by atoms with E-state index < -0.39 is 11.9 Å². The van der Waals surface area contributed by atoms with Crippen LogP contribution in [-0.4, -0.2) is 58.6 Å². The quantitative estimate of drug-likeness (QED) is 0.230. The van der Waals surface area contributed by atoms with Gasteiger partial charge in [0.05, 0.1) is 6.54 Å². The lowest BCUT2D eigenvalue weighted by atomic mass is 9.94. The van der Waals surface area contributed by atoms with Crippen molar-refractivity contribution < 1.29 is 23.8 Å². The average molecular weight is 552 g/mol. The highest BCUT2D eigenvalue weighted by Gasteiger charge is 2.46. The van der Waals surface area contributed by atoms with Gasteiger partial charge >= 0.3 is 11.9 Å². The first-order chi connectivity index (χ1) is 18.9. The topological polar surface area (TPSA) is 98.6 Å². The number of rotatable bonds is 12. The van der Waals surface area contributed by atoms with Crippen molar-refractivity contribution in [3.63, 3.8) is 0 Å². The average Bonchev–Trinajstić information content (AvgIpc) is 2.95. The fourth-order valence-corrected chi connectivity index (χ4v) is 5.26. The lowest BCUT2D eigenvalue weighted by Gasteiger charge is -2.26. The van der Waals surface area contributed by atoms with Gasteiger partial charge in [-0.3, -0.25) is 9.59 Å². The van der Waals surface area contributed by atoms with Crippen molar-refractivity contribution >= 4 is 41.1 Å². The van der Waals surface area contributed by atoms with Gasteiger partial charge in [-0.1, -0.05) is 59.7 Å². The van der Waals surface area contributed by atoms with Crippen LogP contribution in [0.25, 0.3) is 0 Å². The highest BCUT2D eigenvalue weighted by atomic mass is 35.5. The Morgan fingerprint density at radius 2 is 1.90 bits per heavy atom. The Labute approximate surface area is 234 Å². The van der Waals surface area contributed by atoms with E-state index in [1.807, 2.05) is 18.2 Å². The molecule has 1 heterocycles. The third-order valence-electron chi connectivity index (χ3n) is 7.23. The molecule has 0 bridgehead atoms. The lowest BCUT2D eigenvalue weighted by Crippen LogP contribution is -2.56. The van der Waals surface area contributed by atoms with E-state index in [2.05, 4.69) is 16.7 Å². The number of urea groups is 1. The summed E-state index contributed by atoms with van der Waals surface area (Å²) in [6.07, 6.45) is 16.0. The summed E-state index contributed by atoms with van der Waals surface area (Å²) < 4.78 is 1.40. The fourth-order valence-electron chi connectivity index (χ4n) is 5.05.